The molecule has 6 heteroatoms. The first kappa shape index (κ1) is 17.4. The average molecular weight is 379 g/mol. The Morgan fingerprint density at radius 3 is 2.87 bits per heavy atom. The van der Waals surface area contributed by atoms with Gasteiger partial charge >= 0.3 is 5.97 Å². The molecule has 0 atom stereocenters. The number of rotatable bonds is 8. The molecule has 2 rings (SSSR count). The molecule has 0 bridgehead atoms. The Labute approximate surface area is 144 Å². The van der Waals surface area contributed by atoms with Crippen molar-refractivity contribution >= 4 is 21.9 Å². The summed E-state index contributed by atoms with van der Waals surface area (Å²) in [6.07, 6.45) is 1.86. The van der Waals surface area contributed by atoms with Crippen LogP contribution in [0.5, 0.6) is 5.75 Å². The third kappa shape index (κ3) is 6.00. The lowest BCUT2D eigenvalue weighted by molar-refractivity contribution is -0.137. The van der Waals surface area contributed by atoms with Crippen LogP contribution in [0.4, 0.5) is 0 Å². The van der Waals surface area contributed by atoms with Gasteiger partial charge in [-0.3, -0.25) is 9.78 Å². The predicted molar refractivity (Wildman–Crippen MR) is 91.3 cm³/mol. The lowest BCUT2D eigenvalue weighted by Crippen LogP contribution is -2.21. The molecule has 1 N–H and O–H groups in total. The first-order chi connectivity index (χ1) is 11.0. The Kier molecular flexibility index (Phi) is 6.55. The van der Waals surface area contributed by atoms with E-state index < -0.39 is 5.97 Å². The lowest BCUT2D eigenvalue weighted by atomic mass is 10.2. The Hall–Kier alpha value is -1.92. The molecule has 0 spiro atoms. The number of carboxylic acids is 1. The van der Waals surface area contributed by atoms with Crippen molar-refractivity contribution in [3.8, 4) is 5.75 Å². The minimum absolute atomic E-state index is 0.120. The summed E-state index contributed by atoms with van der Waals surface area (Å²) in [4.78, 5) is 16.9. The van der Waals surface area contributed by atoms with Crippen LogP contribution >= 0.6 is 15.9 Å². The zero-order valence-corrected chi connectivity index (χ0v) is 14.5. The Bertz CT molecular complexity index is 650. The molecule has 1 aromatic heterocycles. The molecular formula is C17H19BrN2O3. The fourth-order valence-electron chi connectivity index (χ4n) is 2.10. The number of carboxylic acid groups (broad SMARTS) is 1. The minimum Gasteiger partial charge on any atom is -0.487 e. The summed E-state index contributed by atoms with van der Waals surface area (Å²) in [6, 6.07) is 11.5. The van der Waals surface area contributed by atoms with Crippen molar-refractivity contribution in [3.63, 3.8) is 0 Å². The number of pyridine rings is 1. The summed E-state index contributed by atoms with van der Waals surface area (Å²) in [5.74, 6) is -0.0151. The summed E-state index contributed by atoms with van der Waals surface area (Å²) in [5.41, 5.74) is 1.86. The number of aromatic nitrogens is 1. The van der Waals surface area contributed by atoms with Gasteiger partial charge in [0.15, 0.2) is 0 Å². The number of carbonyl (C=O) groups is 1. The average Bonchev–Trinajstić information content (AvgIpc) is 2.53. The van der Waals surface area contributed by atoms with Gasteiger partial charge in [0.2, 0.25) is 0 Å². The quantitative estimate of drug-likeness (QED) is 0.763. The molecule has 0 aliphatic heterocycles. The Balaban J connectivity index is 2.03. The second kappa shape index (κ2) is 8.64. The van der Waals surface area contributed by atoms with Crippen LogP contribution < -0.4 is 4.74 Å². The fourth-order valence-corrected chi connectivity index (χ4v) is 2.51. The third-order valence-corrected chi connectivity index (χ3v) is 3.77. The summed E-state index contributed by atoms with van der Waals surface area (Å²) in [6.45, 7) is 1.50. The van der Waals surface area contributed by atoms with Crippen LogP contribution in [0, 0.1) is 0 Å². The largest absolute Gasteiger partial charge is 0.487 e. The van der Waals surface area contributed by atoms with Gasteiger partial charge in [0.1, 0.15) is 12.4 Å². The molecule has 0 amide bonds. The second-order valence-corrected chi connectivity index (χ2v) is 6.16. The number of benzene rings is 1. The van der Waals surface area contributed by atoms with Gasteiger partial charge in [0, 0.05) is 29.3 Å². The van der Waals surface area contributed by atoms with Crippen LogP contribution in [-0.2, 0) is 17.9 Å². The standard InChI is InChI=1S/C17H19BrN2O3/c1-20(9-7-17(21)22)11-13-10-14(18)5-6-16(13)23-12-15-4-2-3-8-19-15/h2-6,8,10H,7,9,11-12H2,1H3,(H,21,22). The van der Waals surface area contributed by atoms with Crippen molar-refractivity contribution in [1.82, 2.24) is 9.88 Å². The van der Waals surface area contributed by atoms with Crippen LogP contribution in [0.25, 0.3) is 0 Å². The number of hydrogen-bond acceptors (Lipinski definition) is 4. The van der Waals surface area contributed by atoms with Crippen LogP contribution in [0.2, 0.25) is 0 Å². The highest BCUT2D eigenvalue weighted by Gasteiger charge is 2.10. The van der Waals surface area contributed by atoms with E-state index in [0.29, 0.717) is 19.7 Å². The normalized spacial score (nSPS) is 10.7. The summed E-state index contributed by atoms with van der Waals surface area (Å²) < 4.78 is 6.84. The van der Waals surface area contributed by atoms with Gasteiger partial charge in [-0.15, -0.1) is 0 Å². The number of ether oxygens (including phenoxy) is 1. The number of nitrogens with zero attached hydrogens (tertiary/aromatic N) is 2. The molecule has 0 fully saturated rings. The highest BCUT2D eigenvalue weighted by molar-refractivity contribution is 9.10. The molecule has 1 aromatic carbocycles. The molecule has 0 saturated carbocycles. The van der Waals surface area contributed by atoms with Crippen molar-refractivity contribution in [1.29, 1.82) is 0 Å². The monoisotopic (exact) mass is 378 g/mol. The van der Waals surface area contributed by atoms with E-state index in [1.54, 1.807) is 6.20 Å². The van der Waals surface area contributed by atoms with E-state index in [0.717, 1.165) is 21.5 Å². The van der Waals surface area contributed by atoms with Crippen LogP contribution in [0.15, 0.2) is 47.1 Å². The molecule has 5 nitrogen and oxygen atoms in total. The number of hydrogen-bond donors (Lipinski definition) is 1. The molecule has 0 radical (unpaired) electrons. The number of halogens is 1. The van der Waals surface area contributed by atoms with Crippen molar-refractivity contribution in [2.45, 2.75) is 19.6 Å². The maximum absolute atomic E-state index is 10.7. The van der Waals surface area contributed by atoms with E-state index in [9.17, 15) is 4.79 Å². The van der Waals surface area contributed by atoms with Gasteiger partial charge in [-0.05, 0) is 37.4 Å². The molecule has 0 saturated heterocycles. The molecule has 0 unspecified atom stereocenters. The topological polar surface area (TPSA) is 62.7 Å². The molecule has 1 heterocycles. The molecule has 0 aliphatic rings. The predicted octanol–water partition coefficient (Wildman–Crippen LogP) is 3.33. The van der Waals surface area contributed by atoms with Crippen molar-refractivity contribution in [2.24, 2.45) is 0 Å². The van der Waals surface area contributed by atoms with Gasteiger partial charge in [0.05, 0.1) is 12.1 Å². The molecule has 0 aliphatic carbocycles. The van der Waals surface area contributed by atoms with E-state index in [-0.39, 0.29) is 6.42 Å². The van der Waals surface area contributed by atoms with Gasteiger partial charge < -0.3 is 14.7 Å². The minimum atomic E-state index is -0.794. The zero-order valence-electron chi connectivity index (χ0n) is 12.9. The summed E-state index contributed by atoms with van der Waals surface area (Å²) in [5, 5.41) is 8.77. The smallest absolute Gasteiger partial charge is 0.304 e. The lowest BCUT2D eigenvalue weighted by Gasteiger charge is -2.18. The van der Waals surface area contributed by atoms with Crippen molar-refractivity contribution in [3.05, 3.63) is 58.3 Å². The Morgan fingerprint density at radius 1 is 1.35 bits per heavy atom. The second-order valence-electron chi connectivity index (χ2n) is 5.24. The summed E-state index contributed by atoms with van der Waals surface area (Å²) in [7, 11) is 1.90. The van der Waals surface area contributed by atoms with Gasteiger partial charge in [-0.1, -0.05) is 22.0 Å². The highest BCUT2D eigenvalue weighted by atomic mass is 79.9. The molecule has 2 aromatic rings. The van der Waals surface area contributed by atoms with E-state index in [4.69, 9.17) is 9.84 Å². The van der Waals surface area contributed by atoms with Crippen molar-refractivity contribution < 1.29 is 14.6 Å². The van der Waals surface area contributed by atoms with E-state index in [1.165, 1.54) is 0 Å². The molecular weight excluding hydrogens is 360 g/mol. The van der Waals surface area contributed by atoms with E-state index in [2.05, 4.69) is 20.9 Å². The SMILES string of the molecule is CN(CCC(=O)O)Cc1cc(Br)ccc1OCc1ccccn1. The van der Waals surface area contributed by atoms with Crippen LogP contribution in [-0.4, -0.2) is 34.6 Å². The maximum atomic E-state index is 10.7. The van der Waals surface area contributed by atoms with E-state index in [1.807, 2.05) is 48.3 Å². The Morgan fingerprint density at radius 2 is 2.17 bits per heavy atom. The van der Waals surface area contributed by atoms with Crippen LogP contribution in [0.1, 0.15) is 17.7 Å². The van der Waals surface area contributed by atoms with Crippen molar-refractivity contribution in [2.75, 3.05) is 13.6 Å². The summed E-state index contributed by atoms with van der Waals surface area (Å²) >= 11 is 3.46. The number of aliphatic carboxylic acids is 1. The van der Waals surface area contributed by atoms with E-state index >= 15 is 0 Å². The van der Waals surface area contributed by atoms with Gasteiger partial charge in [0.25, 0.3) is 0 Å². The first-order valence-corrected chi connectivity index (χ1v) is 8.05. The van der Waals surface area contributed by atoms with Crippen LogP contribution in [0.3, 0.4) is 0 Å². The van der Waals surface area contributed by atoms with Gasteiger partial charge in [-0.25, -0.2) is 0 Å². The first-order valence-electron chi connectivity index (χ1n) is 7.26. The molecule has 122 valence electrons. The maximum Gasteiger partial charge on any atom is 0.304 e. The third-order valence-electron chi connectivity index (χ3n) is 3.27. The highest BCUT2D eigenvalue weighted by Crippen LogP contribution is 2.25. The zero-order chi connectivity index (χ0) is 16.7. The van der Waals surface area contributed by atoms with Gasteiger partial charge in [-0.2, -0.15) is 0 Å². The molecule has 23 heavy (non-hydrogen) atoms. The fraction of sp³-hybridized carbons (Fsp3) is 0.294.